The fourth-order valence-corrected chi connectivity index (χ4v) is 3.81. The topological polar surface area (TPSA) is 55.3 Å². The molecular formula is C18H19N3O2S2. The number of nitrogens with zero attached hydrogens (tertiary/aromatic N) is 3. The van der Waals surface area contributed by atoms with Gasteiger partial charge in [-0.1, -0.05) is 29.5 Å². The van der Waals surface area contributed by atoms with Gasteiger partial charge in [-0.2, -0.15) is 4.98 Å². The average molecular weight is 374 g/mol. The number of methoxy groups -OCH3 is 1. The number of aromatic nitrogens is 2. The number of ether oxygens (including phenoxy) is 1. The SMILES string of the molecule is COc1nc(SC)ncc1/C=C1/SCCN1C(=O)c1ccc(C)cc1. The van der Waals surface area contributed by atoms with Gasteiger partial charge in [0.05, 0.1) is 17.7 Å². The van der Waals surface area contributed by atoms with Crippen LogP contribution >= 0.6 is 23.5 Å². The van der Waals surface area contributed by atoms with Crippen LogP contribution < -0.4 is 4.74 Å². The third kappa shape index (κ3) is 3.99. The number of carbonyl (C=O) groups is 1. The van der Waals surface area contributed by atoms with Crippen LogP contribution in [0.4, 0.5) is 0 Å². The molecule has 1 saturated heterocycles. The van der Waals surface area contributed by atoms with Crippen molar-refractivity contribution in [2.75, 3.05) is 25.7 Å². The number of amides is 1. The lowest BCUT2D eigenvalue weighted by atomic mass is 10.1. The first kappa shape index (κ1) is 17.8. The first-order valence-corrected chi connectivity index (χ1v) is 10.0. The molecule has 1 aliphatic heterocycles. The van der Waals surface area contributed by atoms with Gasteiger partial charge in [0.2, 0.25) is 5.88 Å². The number of carbonyl (C=O) groups excluding carboxylic acids is 1. The molecule has 5 nitrogen and oxygen atoms in total. The summed E-state index contributed by atoms with van der Waals surface area (Å²) in [7, 11) is 1.59. The van der Waals surface area contributed by atoms with Gasteiger partial charge in [0.15, 0.2) is 5.16 Å². The molecular weight excluding hydrogens is 354 g/mol. The van der Waals surface area contributed by atoms with Crippen molar-refractivity contribution in [2.24, 2.45) is 0 Å². The summed E-state index contributed by atoms with van der Waals surface area (Å²) in [5.74, 6) is 1.40. The summed E-state index contributed by atoms with van der Waals surface area (Å²) in [6.07, 6.45) is 5.58. The number of rotatable bonds is 4. The van der Waals surface area contributed by atoms with Crippen LogP contribution in [0.1, 0.15) is 21.5 Å². The molecule has 1 fully saturated rings. The highest BCUT2D eigenvalue weighted by Gasteiger charge is 2.25. The van der Waals surface area contributed by atoms with E-state index in [0.29, 0.717) is 23.1 Å². The molecule has 25 heavy (non-hydrogen) atoms. The fourth-order valence-electron chi connectivity index (χ4n) is 2.46. The predicted molar refractivity (Wildman–Crippen MR) is 103 cm³/mol. The van der Waals surface area contributed by atoms with E-state index in [1.54, 1.807) is 30.0 Å². The smallest absolute Gasteiger partial charge is 0.258 e. The third-order valence-corrected chi connectivity index (χ3v) is 5.37. The van der Waals surface area contributed by atoms with Gasteiger partial charge in [-0.25, -0.2) is 4.98 Å². The van der Waals surface area contributed by atoms with Gasteiger partial charge in [-0.05, 0) is 31.4 Å². The molecule has 1 aromatic carbocycles. The van der Waals surface area contributed by atoms with Crippen molar-refractivity contribution in [3.8, 4) is 5.88 Å². The van der Waals surface area contributed by atoms with E-state index in [1.807, 2.05) is 43.5 Å². The Hall–Kier alpha value is -1.99. The van der Waals surface area contributed by atoms with Gasteiger partial charge in [0, 0.05) is 24.1 Å². The molecule has 0 bridgehead atoms. The van der Waals surface area contributed by atoms with Crippen molar-refractivity contribution in [3.63, 3.8) is 0 Å². The van der Waals surface area contributed by atoms with E-state index < -0.39 is 0 Å². The largest absolute Gasteiger partial charge is 0.480 e. The van der Waals surface area contributed by atoms with Crippen molar-refractivity contribution < 1.29 is 9.53 Å². The standard InChI is InChI=1S/C18H19N3O2S2/c1-12-4-6-13(7-5-12)17(22)21-8-9-25-15(21)10-14-11-19-18(24-3)20-16(14)23-2/h4-7,10-11H,8-9H2,1-3H3/b15-10+. The molecule has 130 valence electrons. The highest BCUT2D eigenvalue weighted by atomic mass is 32.2. The zero-order valence-electron chi connectivity index (χ0n) is 14.4. The maximum absolute atomic E-state index is 12.8. The van der Waals surface area contributed by atoms with Crippen molar-refractivity contribution in [1.82, 2.24) is 14.9 Å². The number of hydrogen-bond donors (Lipinski definition) is 0. The molecule has 0 aliphatic carbocycles. The maximum atomic E-state index is 12.8. The Balaban J connectivity index is 1.89. The molecule has 3 rings (SSSR count). The Morgan fingerprint density at radius 1 is 1.36 bits per heavy atom. The number of benzene rings is 1. The van der Waals surface area contributed by atoms with E-state index in [1.165, 1.54) is 11.8 Å². The van der Waals surface area contributed by atoms with E-state index in [0.717, 1.165) is 21.9 Å². The molecule has 0 unspecified atom stereocenters. The lowest BCUT2D eigenvalue weighted by Crippen LogP contribution is -2.26. The summed E-state index contributed by atoms with van der Waals surface area (Å²) in [6.45, 7) is 2.70. The van der Waals surface area contributed by atoms with Gasteiger partial charge < -0.3 is 9.64 Å². The summed E-state index contributed by atoms with van der Waals surface area (Å²) in [5.41, 5.74) is 2.60. The normalized spacial score (nSPS) is 15.6. The molecule has 2 aromatic rings. The molecule has 0 radical (unpaired) electrons. The molecule has 2 heterocycles. The Kier molecular flexibility index (Phi) is 5.65. The van der Waals surface area contributed by atoms with Gasteiger partial charge >= 0.3 is 0 Å². The van der Waals surface area contributed by atoms with E-state index in [2.05, 4.69) is 9.97 Å². The van der Waals surface area contributed by atoms with E-state index in [9.17, 15) is 4.79 Å². The molecule has 7 heteroatoms. The summed E-state index contributed by atoms with van der Waals surface area (Å²) in [6, 6.07) is 7.65. The summed E-state index contributed by atoms with van der Waals surface area (Å²) >= 11 is 3.11. The highest BCUT2D eigenvalue weighted by molar-refractivity contribution is 8.03. The second-order valence-corrected chi connectivity index (χ2v) is 7.36. The highest BCUT2D eigenvalue weighted by Crippen LogP contribution is 2.33. The minimum absolute atomic E-state index is 0.0110. The third-order valence-electron chi connectivity index (χ3n) is 3.79. The Morgan fingerprint density at radius 2 is 2.12 bits per heavy atom. The summed E-state index contributed by atoms with van der Waals surface area (Å²) in [4.78, 5) is 23.3. The predicted octanol–water partition coefficient (Wildman–Crippen LogP) is 3.70. The number of thioether (sulfide) groups is 2. The molecule has 0 N–H and O–H groups in total. The lowest BCUT2D eigenvalue weighted by Gasteiger charge is -2.17. The second kappa shape index (κ2) is 7.93. The molecule has 0 atom stereocenters. The van der Waals surface area contributed by atoms with Crippen LogP contribution in [0, 0.1) is 6.92 Å². The van der Waals surface area contributed by atoms with Gasteiger partial charge in [0.1, 0.15) is 0 Å². The molecule has 0 spiro atoms. The zero-order chi connectivity index (χ0) is 17.8. The van der Waals surface area contributed by atoms with Crippen molar-refractivity contribution in [1.29, 1.82) is 0 Å². The summed E-state index contributed by atoms with van der Waals surface area (Å²) in [5, 5.41) is 1.55. The molecule has 1 aromatic heterocycles. The molecule has 0 saturated carbocycles. The van der Waals surface area contributed by atoms with Crippen LogP contribution in [-0.4, -0.2) is 46.4 Å². The van der Waals surface area contributed by atoms with Crippen LogP contribution in [0.5, 0.6) is 5.88 Å². The van der Waals surface area contributed by atoms with Crippen LogP contribution in [0.15, 0.2) is 40.6 Å². The Morgan fingerprint density at radius 3 is 2.80 bits per heavy atom. The zero-order valence-corrected chi connectivity index (χ0v) is 16.0. The Bertz CT molecular complexity index is 806. The van der Waals surface area contributed by atoms with E-state index in [4.69, 9.17) is 4.74 Å². The average Bonchev–Trinajstić information content (AvgIpc) is 3.10. The van der Waals surface area contributed by atoms with Crippen LogP contribution in [0.25, 0.3) is 6.08 Å². The van der Waals surface area contributed by atoms with Crippen molar-refractivity contribution in [2.45, 2.75) is 12.1 Å². The fraction of sp³-hybridized carbons (Fsp3) is 0.278. The van der Waals surface area contributed by atoms with Gasteiger partial charge in [-0.15, -0.1) is 11.8 Å². The van der Waals surface area contributed by atoms with Crippen LogP contribution in [0.3, 0.4) is 0 Å². The van der Waals surface area contributed by atoms with Crippen LogP contribution in [0.2, 0.25) is 0 Å². The minimum Gasteiger partial charge on any atom is -0.480 e. The quantitative estimate of drug-likeness (QED) is 0.602. The molecule has 1 amide bonds. The number of hydrogen-bond acceptors (Lipinski definition) is 6. The lowest BCUT2D eigenvalue weighted by molar-refractivity contribution is 0.0831. The van der Waals surface area contributed by atoms with Crippen molar-refractivity contribution >= 4 is 35.5 Å². The summed E-state index contributed by atoms with van der Waals surface area (Å²) < 4.78 is 5.37. The first-order chi connectivity index (χ1) is 12.1. The van der Waals surface area contributed by atoms with Crippen molar-refractivity contribution in [3.05, 3.63) is 52.2 Å². The first-order valence-electron chi connectivity index (χ1n) is 7.80. The molecule has 1 aliphatic rings. The van der Waals surface area contributed by atoms with E-state index in [-0.39, 0.29) is 5.91 Å². The van der Waals surface area contributed by atoms with E-state index >= 15 is 0 Å². The maximum Gasteiger partial charge on any atom is 0.258 e. The second-order valence-electron chi connectivity index (χ2n) is 5.48. The van der Waals surface area contributed by atoms with Gasteiger partial charge in [-0.3, -0.25) is 4.79 Å². The van der Waals surface area contributed by atoms with Crippen LogP contribution in [-0.2, 0) is 0 Å². The Labute approximate surface area is 155 Å². The van der Waals surface area contributed by atoms with Gasteiger partial charge in [0.25, 0.3) is 5.91 Å². The monoisotopic (exact) mass is 373 g/mol. The number of aryl methyl sites for hydroxylation is 1. The minimum atomic E-state index is 0.0110.